The molecule has 0 aliphatic carbocycles. The van der Waals surface area contributed by atoms with Gasteiger partial charge in [-0.1, -0.05) is 48.5 Å². The molecule has 0 aliphatic heterocycles. The highest BCUT2D eigenvalue weighted by molar-refractivity contribution is 5.94. The zero-order valence-electron chi connectivity index (χ0n) is 17.7. The summed E-state index contributed by atoms with van der Waals surface area (Å²) in [6, 6.07) is 28.2. The van der Waals surface area contributed by atoms with Gasteiger partial charge in [0.1, 0.15) is 5.75 Å². The highest BCUT2D eigenvalue weighted by Gasteiger charge is 2.13. The monoisotopic (exact) mass is 432 g/mol. The molecule has 0 spiro atoms. The summed E-state index contributed by atoms with van der Waals surface area (Å²) in [6.07, 6.45) is 3.42. The van der Waals surface area contributed by atoms with Crippen LogP contribution in [-0.4, -0.2) is 20.9 Å². The average molecular weight is 432 g/mol. The maximum absolute atomic E-state index is 12.7. The third-order valence-electron chi connectivity index (χ3n) is 5.09. The number of ether oxygens (including phenoxy) is 1. The third-order valence-corrected chi connectivity index (χ3v) is 5.09. The van der Waals surface area contributed by atoms with Crippen LogP contribution in [0.25, 0.3) is 22.3 Å². The Kier molecular flexibility index (Phi) is 5.72. The van der Waals surface area contributed by atoms with Crippen LogP contribution >= 0.6 is 0 Å². The van der Waals surface area contributed by atoms with Gasteiger partial charge in [0.2, 0.25) is 5.88 Å². The van der Waals surface area contributed by atoms with E-state index in [1.54, 1.807) is 36.7 Å². The molecule has 6 heteroatoms. The van der Waals surface area contributed by atoms with E-state index < -0.39 is 0 Å². The van der Waals surface area contributed by atoms with Crippen LogP contribution < -0.4 is 10.1 Å². The molecule has 33 heavy (non-hydrogen) atoms. The predicted octanol–water partition coefficient (Wildman–Crippen LogP) is 5.41. The fourth-order valence-electron chi connectivity index (χ4n) is 3.44. The van der Waals surface area contributed by atoms with Crippen molar-refractivity contribution in [3.8, 4) is 23.0 Å². The average Bonchev–Trinajstić information content (AvgIpc) is 2.88. The van der Waals surface area contributed by atoms with Crippen LogP contribution in [0.4, 0.5) is 0 Å². The molecule has 0 unspecified atom stereocenters. The van der Waals surface area contributed by atoms with Gasteiger partial charge in [0.25, 0.3) is 5.91 Å². The molecule has 0 bridgehead atoms. The zero-order chi connectivity index (χ0) is 22.5. The molecular formula is C27H20N4O2. The molecule has 0 fully saturated rings. The van der Waals surface area contributed by atoms with E-state index in [2.05, 4.69) is 20.3 Å². The molecule has 5 rings (SSSR count). The number of hydrogen-bond acceptors (Lipinski definition) is 5. The van der Waals surface area contributed by atoms with Gasteiger partial charge in [0.05, 0.1) is 10.9 Å². The number of rotatable bonds is 6. The number of para-hydroxylation sites is 1. The molecule has 0 saturated heterocycles. The molecule has 0 radical (unpaired) electrons. The lowest BCUT2D eigenvalue weighted by atomic mass is 10.2. The van der Waals surface area contributed by atoms with Gasteiger partial charge in [-0.2, -0.15) is 4.98 Å². The Labute approximate surface area is 190 Å². The first kappa shape index (κ1) is 20.3. The molecule has 2 aromatic heterocycles. The van der Waals surface area contributed by atoms with E-state index in [1.165, 1.54) is 0 Å². The van der Waals surface area contributed by atoms with Crippen molar-refractivity contribution in [1.82, 2.24) is 20.3 Å². The third kappa shape index (κ3) is 4.70. The van der Waals surface area contributed by atoms with Crippen molar-refractivity contribution in [1.29, 1.82) is 0 Å². The second-order valence-electron chi connectivity index (χ2n) is 7.41. The molecule has 3 aromatic carbocycles. The smallest absolute Gasteiger partial charge is 0.251 e. The van der Waals surface area contributed by atoms with E-state index in [-0.39, 0.29) is 5.91 Å². The number of hydrogen-bond donors (Lipinski definition) is 1. The fourth-order valence-corrected chi connectivity index (χ4v) is 3.44. The lowest BCUT2D eigenvalue weighted by molar-refractivity contribution is 0.0950. The zero-order valence-corrected chi connectivity index (χ0v) is 17.7. The van der Waals surface area contributed by atoms with Crippen LogP contribution in [0, 0.1) is 0 Å². The lowest BCUT2D eigenvalue weighted by Crippen LogP contribution is -2.22. The summed E-state index contributed by atoms with van der Waals surface area (Å²) >= 11 is 0. The Bertz CT molecular complexity index is 1410. The summed E-state index contributed by atoms with van der Waals surface area (Å²) in [6.45, 7) is 0.454. The van der Waals surface area contributed by atoms with Gasteiger partial charge in [-0.25, -0.2) is 4.98 Å². The molecule has 1 N–H and O–H groups in total. The van der Waals surface area contributed by atoms with Gasteiger partial charge in [-0.15, -0.1) is 0 Å². The Morgan fingerprint density at radius 3 is 2.55 bits per heavy atom. The first-order valence-electron chi connectivity index (χ1n) is 10.5. The standard InChI is InChI=1S/C27H20N4O2/c32-26(29-17-19-8-2-1-3-9-19)20-10-6-12-22(16-20)33-27-23-13-4-5-14-24(23)30-25(31-27)21-11-7-15-28-18-21/h1-16,18H,17H2,(H,29,32). The Balaban J connectivity index is 1.42. The highest BCUT2D eigenvalue weighted by atomic mass is 16.5. The molecule has 6 nitrogen and oxygen atoms in total. The van der Waals surface area contributed by atoms with Gasteiger partial charge >= 0.3 is 0 Å². The number of nitrogens with zero attached hydrogens (tertiary/aromatic N) is 3. The number of benzene rings is 3. The number of nitrogens with one attached hydrogen (secondary N) is 1. The minimum absolute atomic E-state index is 0.173. The van der Waals surface area contributed by atoms with E-state index in [0.717, 1.165) is 22.0 Å². The normalized spacial score (nSPS) is 10.7. The summed E-state index contributed by atoms with van der Waals surface area (Å²) in [7, 11) is 0. The largest absolute Gasteiger partial charge is 0.438 e. The van der Waals surface area contributed by atoms with E-state index in [1.807, 2.05) is 66.7 Å². The van der Waals surface area contributed by atoms with Crippen LogP contribution in [0.2, 0.25) is 0 Å². The first-order valence-corrected chi connectivity index (χ1v) is 10.5. The molecule has 160 valence electrons. The Morgan fingerprint density at radius 2 is 1.70 bits per heavy atom. The van der Waals surface area contributed by atoms with Crippen LogP contribution in [0.1, 0.15) is 15.9 Å². The highest BCUT2D eigenvalue weighted by Crippen LogP contribution is 2.30. The van der Waals surface area contributed by atoms with Gasteiger partial charge in [-0.3, -0.25) is 9.78 Å². The number of fused-ring (bicyclic) bond motifs is 1. The number of amides is 1. The molecule has 0 saturated carbocycles. The maximum atomic E-state index is 12.7. The Morgan fingerprint density at radius 1 is 0.848 bits per heavy atom. The van der Waals surface area contributed by atoms with Crippen molar-refractivity contribution in [2.45, 2.75) is 6.54 Å². The van der Waals surface area contributed by atoms with E-state index in [9.17, 15) is 4.79 Å². The second kappa shape index (κ2) is 9.28. The minimum atomic E-state index is -0.173. The minimum Gasteiger partial charge on any atom is -0.438 e. The van der Waals surface area contributed by atoms with Crippen molar-refractivity contribution in [3.63, 3.8) is 0 Å². The summed E-state index contributed by atoms with van der Waals surface area (Å²) in [4.78, 5) is 26.1. The fraction of sp³-hybridized carbons (Fsp3) is 0.0370. The van der Waals surface area contributed by atoms with E-state index in [4.69, 9.17) is 4.74 Å². The van der Waals surface area contributed by atoms with Gasteiger partial charge in [0, 0.05) is 30.1 Å². The van der Waals surface area contributed by atoms with Crippen LogP contribution in [0.3, 0.4) is 0 Å². The molecule has 1 amide bonds. The number of carbonyl (C=O) groups excluding carboxylic acids is 1. The van der Waals surface area contributed by atoms with E-state index in [0.29, 0.717) is 29.6 Å². The van der Waals surface area contributed by atoms with Crippen molar-refractivity contribution in [3.05, 3.63) is 115 Å². The maximum Gasteiger partial charge on any atom is 0.251 e. The van der Waals surface area contributed by atoms with Crippen molar-refractivity contribution >= 4 is 16.8 Å². The Hall–Kier alpha value is -4.58. The summed E-state index contributed by atoms with van der Waals surface area (Å²) < 4.78 is 6.16. The number of pyridine rings is 1. The van der Waals surface area contributed by atoms with Crippen molar-refractivity contribution in [2.24, 2.45) is 0 Å². The summed E-state index contributed by atoms with van der Waals surface area (Å²) in [5.74, 6) is 1.28. The SMILES string of the molecule is O=C(NCc1ccccc1)c1cccc(Oc2nc(-c3cccnc3)nc3ccccc23)c1. The summed E-state index contributed by atoms with van der Waals surface area (Å²) in [5, 5.41) is 3.72. The molecule has 0 aliphatic rings. The van der Waals surface area contributed by atoms with Crippen molar-refractivity contribution < 1.29 is 9.53 Å². The lowest BCUT2D eigenvalue weighted by Gasteiger charge is -2.11. The van der Waals surface area contributed by atoms with Crippen LogP contribution in [0.15, 0.2) is 103 Å². The summed E-state index contributed by atoms with van der Waals surface area (Å²) in [5.41, 5.74) is 3.10. The molecular weight excluding hydrogens is 412 g/mol. The number of aromatic nitrogens is 3. The molecule has 2 heterocycles. The predicted molar refractivity (Wildman–Crippen MR) is 127 cm³/mol. The van der Waals surface area contributed by atoms with Gasteiger partial charge in [-0.05, 0) is 48.0 Å². The first-order chi connectivity index (χ1) is 16.3. The van der Waals surface area contributed by atoms with Crippen LogP contribution in [0.5, 0.6) is 11.6 Å². The topological polar surface area (TPSA) is 77.0 Å². The van der Waals surface area contributed by atoms with Gasteiger partial charge in [0.15, 0.2) is 5.82 Å². The van der Waals surface area contributed by atoms with Crippen LogP contribution in [-0.2, 0) is 6.54 Å². The second-order valence-corrected chi connectivity index (χ2v) is 7.41. The molecule has 5 aromatic rings. The number of carbonyl (C=O) groups is 1. The quantitative estimate of drug-likeness (QED) is 0.388. The van der Waals surface area contributed by atoms with Gasteiger partial charge < -0.3 is 10.1 Å². The van der Waals surface area contributed by atoms with E-state index >= 15 is 0 Å². The van der Waals surface area contributed by atoms with Crippen molar-refractivity contribution in [2.75, 3.05) is 0 Å². The molecule has 0 atom stereocenters.